The summed E-state index contributed by atoms with van der Waals surface area (Å²) in [5, 5.41) is 4.35. The monoisotopic (exact) mass is 279 g/mol. The van der Waals surface area contributed by atoms with E-state index in [0.29, 0.717) is 11.4 Å². The lowest BCUT2D eigenvalue weighted by atomic mass is 10.3. The van der Waals surface area contributed by atoms with E-state index in [2.05, 4.69) is 10.1 Å². The topological polar surface area (TPSA) is 57.0 Å². The molecule has 0 N–H and O–H groups in total. The Morgan fingerprint density at radius 3 is 2.67 bits per heavy atom. The Bertz CT molecular complexity index is 752. The summed E-state index contributed by atoms with van der Waals surface area (Å²) in [5.74, 6) is -0.0762. The van der Waals surface area contributed by atoms with Gasteiger partial charge in [-0.15, -0.1) is 0 Å². The second-order valence-electron chi connectivity index (χ2n) is 4.50. The first-order chi connectivity index (χ1) is 10.2. The summed E-state index contributed by atoms with van der Waals surface area (Å²) in [4.78, 5) is 16.0. The maximum Gasteiger partial charge on any atom is 0.346 e. The zero-order valence-corrected chi connectivity index (χ0v) is 11.4. The third-order valence-electron chi connectivity index (χ3n) is 2.89. The molecule has 0 radical (unpaired) electrons. The molecule has 5 heteroatoms. The number of ether oxygens (including phenoxy) is 1. The van der Waals surface area contributed by atoms with E-state index in [1.165, 1.54) is 6.20 Å². The van der Waals surface area contributed by atoms with E-state index >= 15 is 0 Å². The van der Waals surface area contributed by atoms with E-state index in [9.17, 15) is 4.79 Å². The Hall–Kier alpha value is -2.95. The van der Waals surface area contributed by atoms with Gasteiger partial charge in [0.1, 0.15) is 0 Å². The van der Waals surface area contributed by atoms with Crippen LogP contribution < -0.4 is 4.74 Å². The van der Waals surface area contributed by atoms with Crippen LogP contribution in [0.4, 0.5) is 0 Å². The lowest BCUT2D eigenvalue weighted by molar-refractivity contribution is 0.0722. The smallest absolute Gasteiger partial charge is 0.346 e. The number of hydrogen-bond donors (Lipinski definition) is 0. The lowest BCUT2D eigenvalue weighted by Crippen LogP contribution is -2.11. The van der Waals surface area contributed by atoms with Crippen molar-refractivity contribution >= 4 is 5.97 Å². The molecule has 0 aliphatic rings. The van der Waals surface area contributed by atoms with Crippen LogP contribution in [0.5, 0.6) is 5.88 Å². The molecule has 0 aliphatic carbocycles. The van der Waals surface area contributed by atoms with Crippen molar-refractivity contribution in [3.05, 3.63) is 72.2 Å². The maximum atomic E-state index is 12.1. The zero-order chi connectivity index (χ0) is 14.7. The normalized spacial score (nSPS) is 10.3. The highest BCUT2D eigenvalue weighted by molar-refractivity contribution is 5.90. The third-order valence-corrected chi connectivity index (χ3v) is 2.89. The molecule has 0 aliphatic heterocycles. The second-order valence-corrected chi connectivity index (χ2v) is 4.50. The van der Waals surface area contributed by atoms with Crippen molar-refractivity contribution in [2.45, 2.75) is 6.92 Å². The predicted molar refractivity (Wildman–Crippen MR) is 77.5 cm³/mol. The van der Waals surface area contributed by atoms with Gasteiger partial charge in [0, 0.05) is 18.5 Å². The first kappa shape index (κ1) is 13.1. The Kier molecular flexibility index (Phi) is 3.47. The molecule has 0 fully saturated rings. The van der Waals surface area contributed by atoms with E-state index in [0.717, 1.165) is 11.4 Å². The maximum absolute atomic E-state index is 12.1. The largest absolute Gasteiger partial charge is 0.404 e. The average Bonchev–Trinajstić information content (AvgIpc) is 2.89. The number of carbonyl (C=O) groups is 1. The van der Waals surface area contributed by atoms with Gasteiger partial charge in [-0.25, -0.2) is 9.48 Å². The van der Waals surface area contributed by atoms with E-state index in [-0.39, 0.29) is 0 Å². The molecule has 0 saturated heterocycles. The molecule has 3 aromatic rings. The van der Waals surface area contributed by atoms with Gasteiger partial charge >= 0.3 is 5.97 Å². The number of aromatic nitrogens is 3. The summed E-state index contributed by atoms with van der Waals surface area (Å²) in [6.07, 6.45) is 3.08. The molecular formula is C16H13N3O2. The van der Waals surface area contributed by atoms with Crippen molar-refractivity contribution in [2.75, 3.05) is 0 Å². The number of para-hydroxylation sites is 1. The first-order valence-electron chi connectivity index (χ1n) is 6.48. The minimum atomic E-state index is -0.458. The third kappa shape index (κ3) is 2.81. The Balaban J connectivity index is 1.92. The van der Waals surface area contributed by atoms with Crippen LogP contribution in [0, 0.1) is 6.92 Å². The summed E-state index contributed by atoms with van der Waals surface area (Å²) in [6, 6.07) is 14.6. The molecule has 0 spiro atoms. The summed E-state index contributed by atoms with van der Waals surface area (Å²) >= 11 is 0. The lowest BCUT2D eigenvalue weighted by Gasteiger charge is -2.07. The highest BCUT2D eigenvalue weighted by Gasteiger charge is 2.14. The SMILES string of the molecule is Cc1cc(OC(=O)c2cccnc2)n(-c2ccccc2)n1. The van der Waals surface area contributed by atoms with E-state index in [4.69, 9.17) is 4.74 Å². The van der Waals surface area contributed by atoms with Gasteiger partial charge in [0.25, 0.3) is 0 Å². The molecule has 0 amide bonds. The van der Waals surface area contributed by atoms with Crippen molar-refractivity contribution < 1.29 is 9.53 Å². The molecule has 0 unspecified atom stereocenters. The fraction of sp³-hybridized carbons (Fsp3) is 0.0625. The molecule has 104 valence electrons. The van der Waals surface area contributed by atoms with E-state index in [1.54, 1.807) is 29.1 Å². The summed E-state index contributed by atoms with van der Waals surface area (Å²) in [6.45, 7) is 1.85. The second kappa shape index (κ2) is 5.58. The average molecular weight is 279 g/mol. The van der Waals surface area contributed by atoms with Gasteiger partial charge in [-0.3, -0.25) is 4.98 Å². The van der Waals surface area contributed by atoms with Crippen LogP contribution in [-0.2, 0) is 0 Å². The molecule has 1 aromatic carbocycles. The van der Waals surface area contributed by atoms with Crippen molar-refractivity contribution in [2.24, 2.45) is 0 Å². The van der Waals surface area contributed by atoms with Gasteiger partial charge in [0.05, 0.1) is 16.9 Å². The molecule has 2 aromatic heterocycles. The quantitative estimate of drug-likeness (QED) is 0.692. The van der Waals surface area contributed by atoms with Gasteiger partial charge in [-0.05, 0) is 31.2 Å². The molecule has 0 bridgehead atoms. The number of pyridine rings is 1. The number of aryl methyl sites for hydroxylation is 1. The van der Waals surface area contributed by atoms with Crippen LogP contribution in [0.1, 0.15) is 16.1 Å². The standard InChI is InChI=1S/C16H13N3O2/c1-12-10-15(19(18-12)14-7-3-2-4-8-14)21-16(20)13-6-5-9-17-11-13/h2-11H,1H3. The van der Waals surface area contributed by atoms with Gasteiger partial charge in [-0.1, -0.05) is 18.2 Å². The molecule has 2 heterocycles. The highest BCUT2D eigenvalue weighted by Crippen LogP contribution is 2.20. The highest BCUT2D eigenvalue weighted by atomic mass is 16.5. The van der Waals surface area contributed by atoms with E-state index in [1.807, 2.05) is 37.3 Å². The van der Waals surface area contributed by atoms with Crippen LogP contribution in [0.15, 0.2) is 60.9 Å². The van der Waals surface area contributed by atoms with Crippen molar-refractivity contribution in [3.63, 3.8) is 0 Å². The number of benzene rings is 1. The van der Waals surface area contributed by atoms with Crippen molar-refractivity contribution in [1.29, 1.82) is 0 Å². The van der Waals surface area contributed by atoms with Crippen molar-refractivity contribution in [3.8, 4) is 11.6 Å². The summed E-state index contributed by atoms with van der Waals surface area (Å²) < 4.78 is 7.03. The zero-order valence-electron chi connectivity index (χ0n) is 11.4. The summed E-state index contributed by atoms with van der Waals surface area (Å²) in [5.41, 5.74) is 2.00. The van der Waals surface area contributed by atoms with Crippen LogP contribution in [0.25, 0.3) is 5.69 Å². The molecule has 3 rings (SSSR count). The van der Waals surface area contributed by atoms with Crippen LogP contribution in [-0.4, -0.2) is 20.7 Å². The Morgan fingerprint density at radius 1 is 1.14 bits per heavy atom. The van der Waals surface area contributed by atoms with Crippen molar-refractivity contribution in [1.82, 2.24) is 14.8 Å². The van der Waals surface area contributed by atoms with Crippen LogP contribution >= 0.6 is 0 Å². The Morgan fingerprint density at radius 2 is 1.95 bits per heavy atom. The molecule has 0 saturated carbocycles. The van der Waals surface area contributed by atoms with Gasteiger partial charge in [0.15, 0.2) is 0 Å². The summed E-state index contributed by atoms with van der Waals surface area (Å²) in [7, 11) is 0. The minimum absolute atomic E-state index is 0.382. The molecule has 0 atom stereocenters. The van der Waals surface area contributed by atoms with Gasteiger partial charge < -0.3 is 4.74 Å². The van der Waals surface area contributed by atoms with E-state index < -0.39 is 5.97 Å². The molecule has 5 nitrogen and oxygen atoms in total. The first-order valence-corrected chi connectivity index (χ1v) is 6.48. The number of esters is 1. The number of rotatable bonds is 3. The fourth-order valence-corrected chi connectivity index (χ4v) is 1.94. The number of carbonyl (C=O) groups excluding carboxylic acids is 1. The van der Waals surface area contributed by atoms with Crippen LogP contribution in [0.3, 0.4) is 0 Å². The van der Waals surface area contributed by atoms with Crippen LogP contribution in [0.2, 0.25) is 0 Å². The minimum Gasteiger partial charge on any atom is -0.404 e. The fourth-order valence-electron chi connectivity index (χ4n) is 1.94. The number of hydrogen-bond acceptors (Lipinski definition) is 4. The van der Waals surface area contributed by atoms with Gasteiger partial charge in [-0.2, -0.15) is 5.10 Å². The number of nitrogens with zero attached hydrogens (tertiary/aromatic N) is 3. The molecular weight excluding hydrogens is 266 g/mol. The van der Waals surface area contributed by atoms with Gasteiger partial charge in [0.2, 0.25) is 5.88 Å². The predicted octanol–water partition coefficient (Wildman–Crippen LogP) is 2.79. The Labute approximate surface area is 121 Å². The molecule has 21 heavy (non-hydrogen) atoms.